The van der Waals surface area contributed by atoms with Gasteiger partial charge >= 0.3 is 0 Å². The molecule has 2 heterocycles. The highest BCUT2D eigenvalue weighted by Gasteiger charge is 2.30. The van der Waals surface area contributed by atoms with Crippen molar-refractivity contribution in [3.05, 3.63) is 65.0 Å². The van der Waals surface area contributed by atoms with Crippen LogP contribution >= 0.6 is 0 Å². The number of nitrogens with two attached hydrogens (primary N) is 1. The number of hydrogen-bond donors (Lipinski definition) is 1. The number of benzene rings is 2. The molecule has 0 aromatic heterocycles. The lowest BCUT2D eigenvalue weighted by atomic mass is 9.99. The van der Waals surface area contributed by atoms with E-state index >= 15 is 0 Å². The lowest BCUT2D eigenvalue weighted by molar-refractivity contribution is -0.125. The molecule has 0 spiro atoms. The topological polar surface area (TPSA) is 64.8 Å². The maximum atomic E-state index is 14.2. The summed E-state index contributed by atoms with van der Waals surface area (Å²) < 4.78 is 26.0. The van der Waals surface area contributed by atoms with Gasteiger partial charge < -0.3 is 15.2 Å². The molecule has 5 nitrogen and oxygen atoms in total. The molecule has 0 unspecified atom stereocenters. The van der Waals surface area contributed by atoms with E-state index in [4.69, 9.17) is 15.2 Å². The zero-order valence-electron chi connectivity index (χ0n) is 15.1. The number of carbonyl (C=O) groups is 1. The molecule has 2 atom stereocenters. The maximum absolute atomic E-state index is 14.2. The predicted molar refractivity (Wildman–Crippen MR) is 98.2 cm³/mol. The van der Waals surface area contributed by atoms with E-state index < -0.39 is 6.29 Å². The number of halogens is 1. The molecule has 2 aliphatic heterocycles. The number of fused-ring (bicyclic) bond motifs is 1. The summed E-state index contributed by atoms with van der Waals surface area (Å²) in [5.41, 5.74) is 7.89. The third kappa shape index (κ3) is 3.82. The van der Waals surface area contributed by atoms with Gasteiger partial charge in [0.1, 0.15) is 11.6 Å². The summed E-state index contributed by atoms with van der Waals surface area (Å²) >= 11 is 0. The van der Waals surface area contributed by atoms with Gasteiger partial charge in [-0.2, -0.15) is 0 Å². The molecule has 0 bridgehead atoms. The predicted octanol–water partition coefficient (Wildman–Crippen LogP) is 3.27. The number of likely N-dealkylation sites (tertiary alicyclic amines) is 1. The number of carbonyl (C=O) groups excluding carboxylic acids is 1. The van der Waals surface area contributed by atoms with Gasteiger partial charge in [-0.05, 0) is 31.5 Å². The van der Waals surface area contributed by atoms with E-state index in [1.165, 1.54) is 12.1 Å². The minimum atomic E-state index is -0.531. The average molecular weight is 370 g/mol. The Bertz CT molecular complexity index is 828. The quantitative estimate of drug-likeness (QED) is 0.897. The first kappa shape index (κ1) is 17.9. The van der Waals surface area contributed by atoms with Crippen LogP contribution < -0.4 is 10.5 Å². The van der Waals surface area contributed by atoms with E-state index in [9.17, 15) is 9.18 Å². The molecule has 2 N–H and O–H groups in total. The Hall–Kier alpha value is -2.44. The SMILES string of the molecule is NC(=O)[C@H]1CCCCN1Cc1cc(F)cc2c1O[C@H](c1ccccc1)OC2. The summed E-state index contributed by atoms with van der Waals surface area (Å²) in [5.74, 6) is -0.0153. The van der Waals surface area contributed by atoms with E-state index in [0.717, 1.165) is 36.9 Å². The van der Waals surface area contributed by atoms with Crippen LogP contribution in [-0.4, -0.2) is 23.4 Å². The van der Waals surface area contributed by atoms with Crippen LogP contribution in [0.15, 0.2) is 42.5 Å². The highest BCUT2D eigenvalue weighted by Crippen LogP contribution is 2.37. The van der Waals surface area contributed by atoms with Gasteiger partial charge in [0.05, 0.1) is 12.6 Å². The normalized spacial score (nSPS) is 22.7. The summed E-state index contributed by atoms with van der Waals surface area (Å²) in [5, 5.41) is 0. The van der Waals surface area contributed by atoms with E-state index in [1.807, 2.05) is 35.2 Å². The van der Waals surface area contributed by atoms with Crippen molar-refractivity contribution in [1.29, 1.82) is 0 Å². The Kier molecular flexibility index (Phi) is 5.09. The van der Waals surface area contributed by atoms with Gasteiger partial charge in [0.15, 0.2) is 0 Å². The van der Waals surface area contributed by atoms with Gasteiger partial charge in [-0.15, -0.1) is 0 Å². The van der Waals surface area contributed by atoms with E-state index in [2.05, 4.69) is 0 Å². The van der Waals surface area contributed by atoms with Crippen LogP contribution in [0.3, 0.4) is 0 Å². The van der Waals surface area contributed by atoms with E-state index in [0.29, 0.717) is 17.9 Å². The second-order valence-electron chi connectivity index (χ2n) is 7.11. The van der Waals surface area contributed by atoms with Crippen molar-refractivity contribution in [2.24, 2.45) is 5.73 Å². The number of rotatable bonds is 4. The molecule has 0 radical (unpaired) electrons. The van der Waals surface area contributed by atoms with Crippen molar-refractivity contribution < 1.29 is 18.7 Å². The van der Waals surface area contributed by atoms with Crippen molar-refractivity contribution in [2.45, 2.75) is 44.7 Å². The number of hydrogen-bond acceptors (Lipinski definition) is 4. The minimum Gasteiger partial charge on any atom is -0.460 e. The fourth-order valence-corrected chi connectivity index (χ4v) is 3.89. The van der Waals surface area contributed by atoms with Crippen LogP contribution in [0, 0.1) is 5.82 Å². The molecule has 142 valence electrons. The molecular formula is C21H23FN2O3. The molecule has 27 heavy (non-hydrogen) atoms. The number of primary amides is 1. The first-order valence-electron chi connectivity index (χ1n) is 9.29. The monoisotopic (exact) mass is 370 g/mol. The molecule has 4 rings (SSSR count). The number of ether oxygens (including phenoxy) is 2. The molecule has 0 aliphatic carbocycles. The van der Waals surface area contributed by atoms with Crippen molar-refractivity contribution >= 4 is 5.91 Å². The summed E-state index contributed by atoms with van der Waals surface area (Å²) in [4.78, 5) is 13.8. The largest absolute Gasteiger partial charge is 0.460 e. The standard InChI is InChI=1S/C21H23FN2O3/c22-17-10-15(12-24-9-5-4-8-18(24)20(23)25)19-16(11-17)13-26-21(27-19)14-6-2-1-3-7-14/h1-3,6-7,10-11,18,21H,4-5,8-9,12-13H2,(H2,23,25)/t18-,21-/m1/s1. The van der Waals surface area contributed by atoms with Gasteiger partial charge in [-0.1, -0.05) is 36.8 Å². The van der Waals surface area contributed by atoms with Crippen LogP contribution in [0.5, 0.6) is 5.75 Å². The van der Waals surface area contributed by atoms with Gasteiger partial charge in [-0.25, -0.2) is 4.39 Å². The van der Waals surface area contributed by atoms with Crippen LogP contribution in [0.25, 0.3) is 0 Å². The minimum absolute atomic E-state index is 0.277. The summed E-state index contributed by atoms with van der Waals surface area (Å²) in [6.07, 6.45) is 2.18. The molecule has 2 aromatic rings. The second kappa shape index (κ2) is 7.66. The van der Waals surface area contributed by atoms with E-state index in [-0.39, 0.29) is 24.4 Å². The van der Waals surface area contributed by atoms with Gasteiger partial charge in [-0.3, -0.25) is 9.69 Å². The highest BCUT2D eigenvalue weighted by molar-refractivity contribution is 5.79. The van der Waals surface area contributed by atoms with Crippen molar-refractivity contribution in [3.63, 3.8) is 0 Å². The first-order chi connectivity index (χ1) is 13.1. The number of nitrogens with zero attached hydrogens (tertiary/aromatic N) is 1. The Balaban J connectivity index is 1.62. The van der Waals surface area contributed by atoms with Crippen molar-refractivity contribution in [3.8, 4) is 5.75 Å². The van der Waals surface area contributed by atoms with Gasteiger partial charge in [0.2, 0.25) is 12.2 Å². The molecule has 2 aromatic carbocycles. The Morgan fingerprint density at radius 3 is 2.81 bits per heavy atom. The van der Waals surface area contributed by atoms with Crippen LogP contribution in [0.4, 0.5) is 4.39 Å². The second-order valence-corrected chi connectivity index (χ2v) is 7.11. The van der Waals surface area contributed by atoms with Crippen LogP contribution in [0.2, 0.25) is 0 Å². The van der Waals surface area contributed by atoms with Gasteiger partial charge in [0.25, 0.3) is 0 Å². The van der Waals surface area contributed by atoms with E-state index in [1.54, 1.807) is 0 Å². The zero-order valence-corrected chi connectivity index (χ0v) is 15.1. The smallest absolute Gasteiger partial charge is 0.234 e. The third-order valence-corrected chi connectivity index (χ3v) is 5.21. The van der Waals surface area contributed by atoms with Crippen molar-refractivity contribution in [1.82, 2.24) is 4.90 Å². The average Bonchev–Trinajstić information content (AvgIpc) is 2.68. The highest BCUT2D eigenvalue weighted by atomic mass is 19.1. The molecule has 1 fully saturated rings. The molecule has 2 aliphatic rings. The fourth-order valence-electron chi connectivity index (χ4n) is 3.89. The fraction of sp³-hybridized carbons (Fsp3) is 0.381. The zero-order chi connectivity index (χ0) is 18.8. The molecule has 1 amide bonds. The lowest BCUT2D eigenvalue weighted by Crippen LogP contribution is -2.47. The Morgan fingerprint density at radius 1 is 1.22 bits per heavy atom. The lowest BCUT2D eigenvalue weighted by Gasteiger charge is -2.35. The molecule has 1 saturated heterocycles. The van der Waals surface area contributed by atoms with Crippen LogP contribution in [0.1, 0.15) is 42.2 Å². The van der Waals surface area contributed by atoms with Crippen molar-refractivity contribution in [2.75, 3.05) is 6.54 Å². The molecule has 6 heteroatoms. The summed E-state index contributed by atoms with van der Waals surface area (Å²) in [7, 11) is 0. The molecule has 0 saturated carbocycles. The summed E-state index contributed by atoms with van der Waals surface area (Å²) in [6, 6.07) is 12.3. The van der Waals surface area contributed by atoms with Crippen LogP contribution in [-0.2, 0) is 22.7 Å². The summed E-state index contributed by atoms with van der Waals surface area (Å²) in [6.45, 7) is 1.46. The maximum Gasteiger partial charge on any atom is 0.234 e. The molecular weight excluding hydrogens is 347 g/mol. The number of amides is 1. The number of piperidine rings is 1. The Labute approximate surface area is 157 Å². The third-order valence-electron chi connectivity index (χ3n) is 5.21. The Morgan fingerprint density at radius 2 is 2.04 bits per heavy atom. The van der Waals surface area contributed by atoms with Gasteiger partial charge in [0, 0.05) is 23.2 Å². The first-order valence-corrected chi connectivity index (χ1v) is 9.29.